The number of piperidine rings is 1. The number of ether oxygens (including phenoxy) is 1. The molecule has 2 aromatic rings. The van der Waals surface area contributed by atoms with Gasteiger partial charge in [0.25, 0.3) is 0 Å². The summed E-state index contributed by atoms with van der Waals surface area (Å²) >= 11 is 6.09. The van der Waals surface area contributed by atoms with Crippen LogP contribution < -0.4 is 10.2 Å². The van der Waals surface area contributed by atoms with Crippen LogP contribution in [0.15, 0.2) is 54.6 Å². The maximum absolute atomic E-state index is 6.69. The predicted molar refractivity (Wildman–Crippen MR) is 113 cm³/mol. The van der Waals surface area contributed by atoms with Crippen LogP contribution in [-0.2, 0) is 0 Å². The lowest BCUT2D eigenvalue weighted by Gasteiger charge is -2.52. The Kier molecular flexibility index (Phi) is 4.38. The van der Waals surface area contributed by atoms with Crippen LogP contribution in [-0.4, -0.2) is 34.8 Å². The normalized spacial score (nSPS) is 23.7. The zero-order chi connectivity index (χ0) is 19.3. The topological polar surface area (TPSA) is 27.7 Å². The number of nitrogens with one attached hydrogen (secondary N) is 1. The minimum Gasteiger partial charge on any atom is -0.470 e. The van der Waals surface area contributed by atoms with E-state index in [2.05, 4.69) is 71.7 Å². The highest BCUT2D eigenvalue weighted by atomic mass is 35.5. The number of hydrogen-bond acceptors (Lipinski definition) is 4. The van der Waals surface area contributed by atoms with Crippen molar-refractivity contribution in [2.24, 2.45) is 0 Å². The first kappa shape index (κ1) is 18.0. The summed E-state index contributed by atoms with van der Waals surface area (Å²) in [6.07, 6.45) is 4.27. The molecule has 28 heavy (non-hydrogen) atoms. The average molecular weight is 396 g/mol. The Bertz CT molecular complexity index is 900. The van der Waals surface area contributed by atoms with Gasteiger partial charge in [-0.3, -0.25) is 0 Å². The van der Waals surface area contributed by atoms with E-state index in [1.165, 1.54) is 5.56 Å². The molecule has 0 unspecified atom stereocenters. The minimum atomic E-state index is -0.324. The van der Waals surface area contributed by atoms with Crippen LogP contribution in [0.25, 0.3) is 5.70 Å². The number of hydrazine groups is 1. The monoisotopic (exact) mass is 395 g/mol. The molecule has 2 aromatic carbocycles. The standard InChI is InChI=1S/C23H26ClN3O/c1-16(2)26-13-11-23(12-14-26)27-21(19-5-3-4-6-22(19)28-23)15-20(25-27)17-7-9-18(24)10-8-17/h3-10,15-16,21,25H,11-14H2,1-2H3/t21-/m1/s1. The van der Waals surface area contributed by atoms with E-state index in [1.807, 2.05) is 12.1 Å². The van der Waals surface area contributed by atoms with Crippen LogP contribution in [0.4, 0.5) is 0 Å². The van der Waals surface area contributed by atoms with Gasteiger partial charge in [0.15, 0.2) is 5.72 Å². The first-order valence-electron chi connectivity index (χ1n) is 10.1. The SMILES string of the molecule is CC(C)N1CCC2(CC1)Oc1ccccc1[C@H]1C=C(c3ccc(Cl)cc3)NN12. The van der Waals surface area contributed by atoms with Crippen molar-refractivity contribution >= 4 is 17.3 Å². The number of nitrogens with zero attached hydrogens (tertiary/aromatic N) is 2. The fourth-order valence-electron chi connectivity index (χ4n) is 4.65. The molecular weight excluding hydrogens is 370 g/mol. The molecule has 3 aliphatic rings. The van der Waals surface area contributed by atoms with Crippen molar-refractivity contribution in [2.75, 3.05) is 13.1 Å². The van der Waals surface area contributed by atoms with Gasteiger partial charge in [-0.15, -0.1) is 0 Å². The van der Waals surface area contributed by atoms with Crippen LogP contribution in [0.3, 0.4) is 0 Å². The number of likely N-dealkylation sites (tertiary alicyclic amines) is 1. The van der Waals surface area contributed by atoms with E-state index in [9.17, 15) is 0 Å². The fourth-order valence-corrected chi connectivity index (χ4v) is 4.77. The highest BCUT2D eigenvalue weighted by Gasteiger charge is 2.51. The third-order valence-corrected chi connectivity index (χ3v) is 6.54. The molecule has 1 N–H and O–H groups in total. The molecule has 3 aliphatic heterocycles. The molecule has 1 fully saturated rings. The van der Waals surface area contributed by atoms with Crippen LogP contribution >= 0.6 is 11.6 Å². The highest BCUT2D eigenvalue weighted by Crippen LogP contribution is 2.48. The molecule has 0 amide bonds. The second kappa shape index (κ2) is 6.80. The molecule has 0 aliphatic carbocycles. The van der Waals surface area contributed by atoms with Gasteiger partial charge in [-0.05, 0) is 43.7 Å². The van der Waals surface area contributed by atoms with Gasteiger partial charge in [0.05, 0.1) is 11.7 Å². The highest BCUT2D eigenvalue weighted by molar-refractivity contribution is 6.30. The maximum Gasteiger partial charge on any atom is 0.182 e. The summed E-state index contributed by atoms with van der Waals surface area (Å²) < 4.78 is 6.69. The minimum absolute atomic E-state index is 0.168. The first-order chi connectivity index (χ1) is 13.6. The van der Waals surface area contributed by atoms with Crippen molar-refractivity contribution in [3.05, 3.63) is 70.8 Å². The second-order valence-electron chi connectivity index (χ2n) is 8.23. The van der Waals surface area contributed by atoms with E-state index in [1.54, 1.807) is 0 Å². The number of rotatable bonds is 2. The largest absolute Gasteiger partial charge is 0.470 e. The molecular formula is C23H26ClN3O. The summed E-state index contributed by atoms with van der Waals surface area (Å²) in [4.78, 5) is 2.54. The summed E-state index contributed by atoms with van der Waals surface area (Å²) in [7, 11) is 0. The van der Waals surface area contributed by atoms with Gasteiger partial charge in [-0.25, -0.2) is 0 Å². The van der Waals surface area contributed by atoms with Gasteiger partial charge in [0, 0.05) is 42.6 Å². The van der Waals surface area contributed by atoms with Crippen LogP contribution in [0, 0.1) is 0 Å². The van der Waals surface area contributed by atoms with Crippen molar-refractivity contribution in [2.45, 2.75) is 44.5 Å². The summed E-state index contributed by atoms with van der Waals surface area (Å²) in [6, 6.07) is 17.2. The van der Waals surface area contributed by atoms with E-state index >= 15 is 0 Å². The molecule has 4 nitrogen and oxygen atoms in total. The van der Waals surface area contributed by atoms with E-state index in [4.69, 9.17) is 16.3 Å². The number of halogens is 1. The van der Waals surface area contributed by atoms with E-state index in [-0.39, 0.29) is 11.8 Å². The molecule has 0 saturated carbocycles. The zero-order valence-electron chi connectivity index (χ0n) is 16.4. The Balaban J connectivity index is 1.51. The van der Waals surface area contributed by atoms with E-state index in [0.29, 0.717) is 6.04 Å². The van der Waals surface area contributed by atoms with E-state index < -0.39 is 0 Å². The summed E-state index contributed by atoms with van der Waals surface area (Å²) in [5.74, 6) is 1.01. The third kappa shape index (κ3) is 2.91. The number of benzene rings is 2. The van der Waals surface area contributed by atoms with Crippen molar-refractivity contribution in [1.82, 2.24) is 15.3 Å². The molecule has 5 rings (SSSR count). The van der Waals surface area contributed by atoms with Gasteiger partial charge in [-0.2, -0.15) is 5.01 Å². The van der Waals surface area contributed by atoms with Crippen molar-refractivity contribution in [3.8, 4) is 5.75 Å². The lowest BCUT2D eigenvalue weighted by atomic mass is 9.92. The number of para-hydroxylation sites is 1. The zero-order valence-corrected chi connectivity index (χ0v) is 17.1. The van der Waals surface area contributed by atoms with Crippen LogP contribution in [0.5, 0.6) is 5.75 Å². The van der Waals surface area contributed by atoms with Crippen molar-refractivity contribution in [1.29, 1.82) is 0 Å². The maximum atomic E-state index is 6.69. The first-order valence-corrected chi connectivity index (χ1v) is 10.5. The quantitative estimate of drug-likeness (QED) is 0.787. The Morgan fingerprint density at radius 3 is 2.50 bits per heavy atom. The van der Waals surface area contributed by atoms with Gasteiger partial charge in [0.2, 0.25) is 0 Å². The van der Waals surface area contributed by atoms with Crippen molar-refractivity contribution < 1.29 is 4.74 Å². The summed E-state index contributed by atoms with van der Waals surface area (Å²) in [5.41, 5.74) is 6.84. The van der Waals surface area contributed by atoms with E-state index in [0.717, 1.165) is 48.0 Å². The predicted octanol–water partition coefficient (Wildman–Crippen LogP) is 4.84. The lowest BCUT2D eigenvalue weighted by Crippen LogP contribution is -2.64. The summed E-state index contributed by atoms with van der Waals surface area (Å²) in [6.45, 7) is 6.63. The third-order valence-electron chi connectivity index (χ3n) is 6.29. The van der Waals surface area contributed by atoms with Crippen LogP contribution in [0.2, 0.25) is 5.02 Å². The fraction of sp³-hybridized carbons (Fsp3) is 0.391. The Morgan fingerprint density at radius 2 is 1.79 bits per heavy atom. The molecule has 0 bridgehead atoms. The molecule has 1 spiro atoms. The lowest BCUT2D eigenvalue weighted by molar-refractivity contribution is -0.161. The van der Waals surface area contributed by atoms with Gasteiger partial charge in [-0.1, -0.05) is 41.9 Å². The van der Waals surface area contributed by atoms with Crippen molar-refractivity contribution in [3.63, 3.8) is 0 Å². The number of fused-ring (bicyclic) bond motifs is 4. The molecule has 3 heterocycles. The molecule has 0 radical (unpaired) electrons. The van der Waals surface area contributed by atoms with Crippen LogP contribution in [0.1, 0.15) is 43.9 Å². The molecule has 146 valence electrons. The summed E-state index contributed by atoms with van der Waals surface area (Å²) in [5, 5.41) is 3.10. The smallest absolute Gasteiger partial charge is 0.182 e. The molecule has 1 saturated heterocycles. The van der Waals surface area contributed by atoms with Gasteiger partial charge in [0.1, 0.15) is 5.75 Å². The Labute approximate surface area is 171 Å². The Morgan fingerprint density at radius 1 is 1.07 bits per heavy atom. The molecule has 5 heteroatoms. The molecule has 0 aromatic heterocycles. The number of hydrogen-bond donors (Lipinski definition) is 1. The second-order valence-corrected chi connectivity index (χ2v) is 8.67. The molecule has 1 atom stereocenters. The Hall–Kier alpha value is -2.01. The van der Waals surface area contributed by atoms with Gasteiger partial charge < -0.3 is 15.1 Å². The van der Waals surface area contributed by atoms with Gasteiger partial charge >= 0.3 is 0 Å². The average Bonchev–Trinajstić information content (AvgIpc) is 3.16.